The molecule has 0 fully saturated rings. The molecule has 3 aromatic rings. The molecule has 0 radical (unpaired) electrons. The number of carbonyl (C=O) groups excluding carboxylic acids is 1. The van der Waals surface area contributed by atoms with Gasteiger partial charge in [-0.15, -0.1) is 11.3 Å². The number of hydrogen-bond acceptors (Lipinski definition) is 6. The van der Waals surface area contributed by atoms with Crippen molar-refractivity contribution in [3.63, 3.8) is 0 Å². The number of ether oxygens (including phenoxy) is 2. The molecule has 2 heterocycles. The number of hydrazone groups is 1. The summed E-state index contributed by atoms with van der Waals surface area (Å²) in [7, 11) is 0. The van der Waals surface area contributed by atoms with Crippen LogP contribution in [0.1, 0.15) is 30.8 Å². The summed E-state index contributed by atoms with van der Waals surface area (Å²) in [6, 6.07) is 9.16. The van der Waals surface area contributed by atoms with Gasteiger partial charge < -0.3 is 9.47 Å². The van der Waals surface area contributed by atoms with Crippen molar-refractivity contribution in [2.75, 3.05) is 6.61 Å². The highest BCUT2D eigenvalue weighted by Crippen LogP contribution is 2.21. The molecule has 1 aromatic carbocycles. The number of thiazole rings is 1. The number of rotatable bonds is 8. The van der Waals surface area contributed by atoms with Crippen LogP contribution in [0.5, 0.6) is 11.5 Å². The molecular weight excluding hydrogens is 388 g/mol. The summed E-state index contributed by atoms with van der Waals surface area (Å²) < 4.78 is 13.1. The average molecular weight is 413 g/mol. The van der Waals surface area contributed by atoms with E-state index in [0.717, 1.165) is 27.8 Å². The maximum Gasteiger partial charge on any atom is 0.280 e. The first-order chi connectivity index (χ1) is 14.0. The lowest BCUT2D eigenvalue weighted by molar-refractivity contribution is -0.127. The topological polar surface area (TPSA) is 77.7 Å². The maximum atomic E-state index is 12.3. The van der Waals surface area contributed by atoms with Crippen LogP contribution in [-0.2, 0) is 4.79 Å². The highest BCUT2D eigenvalue weighted by molar-refractivity contribution is 7.12. The Bertz CT molecular complexity index is 978. The predicted octanol–water partition coefficient (Wildman–Crippen LogP) is 3.87. The predicted molar refractivity (Wildman–Crippen MR) is 114 cm³/mol. The molecule has 0 aliphatic carbocycles. The minimum Gasteiger partial charge on any atom is -0.494 e. The van der Waals surface area contributed by atoms with Crippen molar-refractivity contribution < 1.29 is 14.3 Å². The summed E-state index contributed by atoms with van der Waals surface area (Å²) in [5.74, 6) is 1.02. The summed E-state index contributed by atoms with van der Waals surface area (Å²) in [6.45, 7) is 8.21. The van der Waals surface area contributed by atoms with E-state index in [1.165, 1.54) is 0 Å². The monoisotopic (exact) mass is 412 g/mol. The molecule has 29 heavy (non-hydrogen) atoms. The molecule has 0 unspecified atom stereocenters. The third-order valence-corrected chi connectivity index (χ3v) is 5.03. The van der Waals surface area contributed by atoms with Gasteiger partial charge >= 0.3 is 0 Å². The molecule has 0 bridgehead atoms. The third kappa shape index (κ3) is 5.03. The van der Waals surface area contributed by atoms with Gasteiger partial charge in [-0.2, -0.15) is 5.10 Å². The van der Waals surface area contributed by atoms with Crippen molar-refractivity contribution in [1.29, 1.82) is 0 Å². The molecule has 0 spiro atoms. The molecule has 8 heteroatoms. The van der Waals surface area contributed by atoms with Gasteiger partial charge in [0, 0.05) is 28.5 Å². The van der Waals surface area contributed by atoms with Crippen molar-refractivity contribution in [1.82, 2.24) is 15.0 Å². The van der Waals surface area contributed by atoms with Gasteiger partial charge in [-0.3, -0.25) is 9.36 Å². The van der Waals surface area contributed by atoms with E-state index in [4.69, 9.17) is 9.47 Å². The number of carbonyl (C=O) groups is 1. The van der Waals surface area contributed by atoms with E-state index in [1.54, 1.807) is 54.9 Å². The van der Waals surface area contributed by atoms with E-state index >= 15 is 0 Å². The van der Waals surface area contributed by atoms with Gasteiger partial charge in [0.25, 0.3) is 5.91 Å². The van der Waals surface area contributed by atoms with Gasteiger partial charge in [-0.05, 0) is 58.0 Å². The van der Waals surface area contributed by atoms with Gasteiger partial charge in [-0.1, -0.05) is 0 Å². The first-order valence-corrected chi connectivity index (χ1v) is 10.2. The summed E-state index contributed by atoms with van der Waals surface area (Å²) in [6.07, 6.45) is 2.72. The van der Waals surface area contributed by atoms with Crippen LogP contribution in [0.4, 0.5) is 0 Å². The van der Waals surface area contributed by atoms with E-state index in [9.17, 15) is 4.79 Å². The Morgan fingerprint density at radius 2 is 2.03 bits per heavy atom. The lowest BCUT2D eigenvalue weighted by atomic mass is 10.3. The molecule has 7 nitrogen and oxygen atoms in total. The molecule has 0 aliphatic heterocycles. The maximum absolute atomic E-state index is 12.3. The number of aryl methyl sites for hydroxylation is 1. The number of amides is 1. The Labute approximate surface area is 174 Å². The Morgan fingerprint density at radius 3 is 2.69 bits per heavy atom. The van der Waals surface area contributed by atoms with Crippen molar-refractivity contribution in [2.45, 2.75) is 33.8 Å². The SMILES string of the molecule is CCOc1ccc(O[C@@H](C)C(=O)N/N=C\c2cc(C)n(-c3nccs3)c2C)cc1. The fourth-order valence-electron chi connectivity index (χ4n) is 2.83. The van der Waals surface area contributed by atoms with E-state index in [0.29, 0.717) is 12.4 Å². The largest absolute Gasteiger partial charge is 0.494 e. The second-order valence-corrected chi connectivity index (χ2v) is 7.25. The van der Waals surface area contributed by atoms with Gasteiger partial charge in [0.2, 0.25) is 0 Å². The number of hydrogen-bond donors (Lipinski definition) is 1. The smallest absolute Gasteiger partial charge is 0.280 e. The molecule has 0 saturated heterocycles. The van der Waals surface area contributed by atoms with Gasteiger partial charge in [-0.25, -0.2) is 10.4 Å². The molecule has 1 N–H and O–H groups in total. The van der Waals surface area contributed by atoms with Crippen LogP contribution in [0.15, 0.2) is 47.0 Å². The summed E-state index contributed by atoms with van der Waals surface area (Å²) in [5, 5.41) is 6.93. The van der Waals surface area contributed by atoms with Crippen LogP contribution in [0, 0.1) is 13.8 Å². The number of nitrogens with one attached hydrogen (secondary N) is 1. The Hall–Kier alpha value is -3.13. The standard InChI is InChI=1S/C21H24N4O3S/c1-5-27-18-6-8-19(9-7-18)28-16(4)20(26)24-23-13-17-12-14(2)25(15(17)3)21-22-10-11-29-21/h6-13,16H,5H2,1-4H3,(H,24,26)/b23-13-/t16-/m0/s1. The van der Waals surface area contributed by atoms with Crippen LogP contribution in [0.2, 0.25) is 0 Å². The minimum absolute atomic E-state index is 0.330. The van der Waals surface area contributed by atoms with E-state index in [1.807, 2.05) is 32.2 Å². The first-order valence-electron chi connectivity index (χ1n) is 9.30. The van der Waals surface area contributed by atoms with E-state index < -0.39 is 6.10 Å². The highest BCUT2D eigenvalue weighted by atomic mass is 32.1. The minimum atomic E-state index is -0.687. The zero-order valence-electron chi connectivity index (χ0n) is 16.9. The van der Waals surface area contributed by atoms with Crippen LogP contribution < -0.4 is 14.9 Å². The van der Waals surface area contributed by atoms with E-state index in [2.05, 4.69) is 20.1 Å². The Kier molecular flexibility index (Phi) is 6.66. The third-order valence-electron chi connectivity index (χ3n) is 4.28. The van der Waals surface area contributed by atoms with Crippen LogP contribution in [0.25, 0.3) is 5.13 Å². The average Bonchev–Trinajstić information content (AvgIpc) is 3.31. The van der Waals surface area contributed by atoms with Crippen LogP contribution >= 0.6 is 11.3 Å². The number of aromatic nitrogens is 2. The van der Waals surface area contributed by atoms with Crippen molar-refractivity contribution in [3.8, 4) is 16.6 Å². The fraction of sp³-hybridized carbons (Fsp3) is 0.286. The second kappa shape index (κ2) is 9.38. The number of benzene rings is 1. The summed E-state index contributed by atoms with van der Waals surface area (Å²) >= 11 is 1.57. The molecule has 1 atom stereocenters. The normalized spacial score (nSPS) is 12.1. The number of nitrogens with zero attached hydrogens (tertiary/aromatic N) is 3. The van der Waals surface area contributed by atoms with Gasteiger partial charge in [0.05, 0.1) is 12.8 Å². The second-order valence-electron chi connectivity index (χ2n) is 6.38. The molecule has 1 amide bonds. The molecule has 152 valence electrons. The van der Waals surface area contributed by atoms with Crippen molar-refractivity contribution in [2.24, 2.45) is 5.10 Å². The fourth-order valence-corrected chi connectivity index (χ4v) is 3.59. The lowest BCUT2D eigenvalue weighted by Crippen LogP contribution is -2.33. The Morgan fingerprint density at radius 1 is 1.31 bits per heavy atom. The summed E-state index contributed by atoms with van der Waals surface area (Å²) in [5.41, 5.74) is 5.51. The first kappa shape index (κ1) is 20.6. The quantitative estimate of drug-likeness (QED) is 0.450. The zero-order chi connectivity index (χ0) is 20.8. The van der Waals surface area contributed by atoms with Crippen LogP contribution in [-0.4, -0.2) is 34.4 Å². The molecule has 2 aromatic heterocycles. The van der Waals surface area contributed by atoms with Crippen LogP contribution in [0.3, 0.4) is 0 Å². The van der Waals surface area contributed by atoms with Crippen molar-refractivity contribution >= 4 is 23.5 Å². The highest BCUT2D eigenvalue weighted by Gasteiger charge is 2.15. The lowest BCUT2D eigenvalue weighted by Gasteiger charge is -2.13. The molecule has 3 rings (SSSR count). The van der Waals surface area contributed by atoms with Gasteiger partial charge in [0.1, 0.15) is 11.5 Å². The Balaban J connectivity index is 1.58. The zero-order valence-corrected chi connectivity index (χ0v) is 17.7. The molecule has 0 saturated carbocycles. The molecular formula is C21H24N4O3S. The molecule has 0 aliphatic rings. The van der Waals surface area contributed by atoms with Gasteiger partial charge in [0.15, 0.2) is 11.2 Å². The summed E-state index contributed by atoms with van der Waals surface area (Å²) in [4.78, 5) is 16.6. The van der Waals surface area contributed by atoms with Crippen molar-refractivity contribution in [3.05, 3.63) is 58.9 Å². The van der Waals surface area contributed by atoms with E-state index in [-0.39, 0.29) is 5.91 Å².